The largest absolute Gasteiger partial charge is 0.534 e. The fraction of sp³-hybridized carbons (Fsp3) is 0.500. The first-order valence-corrected chi connectivity index (χ1v) is 12.6. The van der Waals surface area contributed by atoms with Crippen LogP contribution in [0, 0.1) is 12.8 Å². The Labute approximate surface area is 202 Å². The van der Waals surface area contributed by atoms with E-state index in [-0.39, 0.29) is 17.5 Å². The predicted molar refractivity (Wildman–Crippen MR) is 123 cm³/mol. The molecular weight excluding hydrogens is 487 g/mol. The number of fused-ring (bicyclic) bond motifs is 3. The van der Waals surface area contributed by atoms with Gasteiger partial charge < -0.3 is 13.7 Å². The summed E-state index contributed by atoms with van der Waals surface area (Å²) in [5.74, 6) is -1.41. The van der Waals surface area contributed by atoms with Crippen LogP contribution in [-0.4, -0.2) is 38.6 Å². The van der Waals surface area contributed by atoms with Gasteiger partial charge in [0.15, 0.2) is 0 Å². The minimum Gasteiger partial charge on any atom is -0.493 e. The average molecular weight is 516 g/mol. The fourth-order valence-electron chi connectivity index (χ4n) is 4.02. The third-order valence-electron chi connectivity index (χ3n) is 5.95. The van der Waals surface area contributed by atoms with Gasteiger partial charge in [-0.1, -0.05) is 27.2 Å². The first kappa shape index (κ1) is 26.8. The van der Waals surface area contributed by atoms with Crippen LogP contribution >= 0.6 is 0 Å². The van der Waals surface area contributed by atoms with Crippen LogP contribution in [0.25, 0.3) is 11.3 Å². The topological polar surface area (TPSA) is 91.8 Å². The van der Waals surface area contributed by atoms with E-state index in [4.69, 9.17) is 4.74 Å². The summed E-state index contributed by atoms with van der Waals surface area (Å²) in [6.07, 6.45) is 2.44. The Hall–Kier alpha value is -2.82. The zero-order valence-electron chi connectivity index (χ0n) is 20.2. The van der Waals surface area contributed by atoms with E-state index in [1.807, 2.05) is 26.8 Å². The third kappa shape index (κ3) is 5.39. The highest BCUT2D eigenvalue weighted by molar-refractivity contribution is 7.88. The van der Waals surface area contributed by atoms with Crippen molar-refractivity contribution in [2.75, 3.05) is 13.7 Å². The lowest BCUT2D eigenvalue weighted by Crippen LogP contribution is -2.29. The Bertz CT molecular complexity index is 1220. The SMILES string of the molecule is CCCCOc1cc2c(cc1C)-c1nc(OS(=O)(=O)C(F)(F)F)c(C(=O)OC)cc1C(C(C)C)C2. The van der Waals surface area contributed by atoms with Crippen LogP contribution in [0.5, 0.6) is 11.6 Å². The van der Waals surface area contributed by atoms with Crippen molar-refractivity contribution >= 4 is 16.1 Å². The van der Waals surface area contributed by atoms with Gasteiger partial charge in [0.2, 0.25) is 5.88 Å². The van der Waals surface area contributed by atoms with Gasteiger partial charge in [0.05, 0.1) is 19.4 Å². The molecule has 0 N–H and O–H groups in total. The molecule has 0 radical (unpaired) electrons. The van der Waals surface area contributed by atoms with Crippen LogP contribution in [0.15, 0.2) is 18.2 Å². The van der Waals surface area contributed by atoms with Crippen LogP contribution in [0.2, 0.25) is 0 Å². The number of pyridine rings is 1. The molecule has 0 spiro atoms. The third-order valence-corrected chi connectivity index (χ3v) is 6.89. The number of alkyl halides is 3. The number of aromatic nitrogens is 1. The zero-order chi connectivity index (χ0) is 26.1. The molecule has 1 aromatic heterocycles. The smallest absolute Gasteiger partial charge is 0.493 e. The Balaban J connectivity index is 2.23. The number of benzene rings is 1. The van der Waals surface area contributed by atoms with Gasteiger partial charge in [-0.05, 0) is 66.5 Å². The Morgan fingerprint density at radius 1 is 1.23 bits per heavy atom. The Morgan fingerprint density at radius 3 is 2.49 bits per heavy atom. The molecule has 1 heterocycles. The highest BCUT2D eigenvalue weighted by Gasteiger charge is 2.49. The van der Waals surface area contributed by atoms with Crippen molar-refractivity contribution in [3.8, 4) is 22.9 Å². The van der Waals surface area contributed by atoms with Crippen molar-refractivity contribution < 1.29 is 40.0 Å². The maximum atomic E-state index is 13.0. The summed E-state index contributed by atoms with van der Waals surface area (Å²) in [7, 11) is -5.04. The van der Waals surface area contributed by atoms with E-state index in [2.05, 4.69) is 20.8 Å². The number of ether oxygens (including phenoxy) is 2. The molecule has 11 heteroatoms. The molecule has 0 aliphatic heterocycles. The van der Waals surface area contributed by atoms with Crippen molar-refractivity contribution in [1.29, 1.82) is 0 Å². The maximum Gasteiger partial charge on any atom is 0.534 e. The second-order valence-electron chi connectivity index (χ2n) is 8.79. The number of aryl methyl sites for hydroxylation is 1. The molecule has 0 amide bonds. The molecule has 35 heavy (non-hydrogen) atoms. The number of hydrogen-bond donors (Lipinski definition) is 0. The summed E-state index contributed by atoms with van der Waals surface area (Å²) >= 11 is 0. The number of hydrogen-bond acceptors (Lipinski definition) is 7. The summed E-state index contributed by atoms with van der Waals surface area (Å²) in [4.78, 5) is 16.5. The number of rotatable bonds is 8. The number of carbonyl (C=O) groups excluding carboxylic acids is 1. The number of halogens is 3. The molecule has 2 aromatic rings. The van der Waals surface area contributed by atoms with E-state index >= 15 is 0 Å². The number of carbonyl (C=O) groups is 1. The van der Waals surface area contributed by atoms with Crippen LogP contribution in [0.1, 0.15) is 66.6 Å². The van der Waals surface area contributed by atoms with Gasteiger partial charge in [-0.25, -0.2) is 9.78 Å². The van der Waals surface area contributed by atoms with Crippen LogP contribution in [-0.2, 0) is 21.3 Å². The van der Waals surface area contributed by atoms with Gasteiger partial charge in [-0.15, -0.1) is 0 Å². The van der Waals surface area contributed by atoms with Gasteiger partial charge >= 0.3 is 21.6 Å². The average Bonchev–Trinajstić information content (AvgIpc) is 2.77. The van der Waals surface area contributed by atoms with E-state index < -0.39 is 33.0 Å². The number of methoxy groups -OCH3 is 1. The van der Waals surface area contributed by atoms with E-state index in [1.54, 1.807) is 6.07 Å². The van der Waals surface area contributed by atoms with Crippen molar-refractivity contribution in [2.45, 2.75) is 58.4 Å². The lowest BCUT2D eigenvalue weighted by molar-refractivity contribution is -0.0501. The molecule has 1 aromatic carbocycles. The number of esters is 1. The molecule has 1 aliphatic rings. The minimum atomic E-state index is -6.07. The second-order valence-corrected chi connectivity index (χ2v) is 10.3. The summed E-state index contributed by atoms with van der Waals surface area (Å²) in [5, 5.41) is 0. The molecule has 0 saturated carbocycles. The molecule has 192 valence electrons. The van der Waals surface area contributed by atoms with Gasteiger partial charge in [-0.2, -0.15) is 21.6 Å². The monoisotopic (exact) mass is 515 g/mol. The summed E-state index contributed by atoms with van der Waals surface area (Å²) in [6.45, 7) is 8.39. The molecule has 0 saturated heterocycles. The molecule has 1 unspecified atom stereocenters. The zero-order valence-corrected chi connectivity index (χ0v) is 21.0. The molecule has 1 aliphatic carbocycles. The van der Waals surface area contributed by atoms with Crippen molar-refractivity contribution in [3.63, 3.8) is 0 Å². The van der Waals surface area contributed by atoms with Crippen LogP contribution in [0.4, 0.5) is 13.2 Å². The van der Waals surface area contributed by atoms with Crippen LogP contribution in [0.3, 0.4) is 0 Å². The molecule has 7 nitrogen and oxygen atoms in total. The van der Waals surface area contributed by atoms with Crippen molar-refractivity contribution in [2.24, 2.45) is 5.92 Å². The minimum absolute atomic E-state index is 0.0747. The molecule has 0 fully saturated rings. The molecule has 1 atom stereocenters. The summed E-state index contributed by atoms with van der Waals surface area (Å²) < 4.78 is 77.5. The Morgan fingerprint density at radius 2 is 1.91 bits per heavy atom. The van der Waals surface area contributed by atoms with E-state index in [1.165, 1.54) is 6.07 Å². The standard InChI is InChI=1S/C24H28F3NO6S/c1-6-7-8-33-20-11-15-10-16(13(2)3)18-12-19(23(29)32-5)22(34-35(30,31)24(25,26)27)28-21(18)17(15)9-14(20)4/h9,11-13,16H,6-8,10H2,1-5H3. The molecule has 0 bridgehead atoms. The lowest BCUT2D eigenvalue weighted by Gasteiger charge is -2.31. The summed E-state index contributed by atoms with van der Waals surface area (Å²) in [6, 6.07) is 5.02. The van der Waals surface area contributed by atoms with Gasteiger partial charge in [-0.3, -0.25) is 0 Å². The van der Waals surface area contributed by atoms with Crippen LogP contribution < -0.4 is 8.92 Å². The van der Waals surface area contributed by atoms with Crippen molar-refractivity contribution in [1.82, 2.24) is 4.98 Å². The fourth-order valence-corrected chi connectivity index (χ4v) is 4.45. The van der Waals surface area contributed by atoms with Gasteiger partial charge in [0.25, 0.3) is 0 Å². The second kappa shape index (κ2) is 10.0. The van der Waals surface area contributed by atoms with E-state index in [9.17, 15) is 26.4 Å². The maximum absolute atomic E-state index is 13.0. The first-order chi connectivity index (χ1) is 16.3. The Kier molecular flexibility index (Phi) is 7.68. The van der Waals surface area contributed by atoms with E-state index in [0.29, 0.717) is 29.9 Å². The predicted octanol–water partition coefficient (Wildman–Crippen LogP) is 5.55. The van der Waals surface area contributed by atoms with E-state index in [0.717, 1.165) is 31.1 Å². The summed E-state index contributed by atoms with van der Waals surface area (Å²) in [5.41, 5.74) is -3.07. The lowest BCUT2D eigenvalue weighted by atomic mass is 9.75. The number of nitrogens with zero attached hydrogens (tertiary/aromatic N) is 1. The molecular formula is C24H28F3NO6S. The molecule has 3 rings (SSSR count). The quantitative estimate of drug-likeness (QED) is 0.197. The highest BCUT2D eigenvalue weighted by atomic mass is 32.2. The van der Waals surface area contributed by atoms with Gasteiger partial charge in [0, 0.05) is 5.56 Å². The highest BCUT2D eigenvalue weighted by Crippen LogP contribution is 2.46. The first-order valence-electron chi connectivity index (χ1n) is 11.2. The number of unbranched alkanes of at least 4 members (excludes halogenated alkanes) is 1. The normalized spacial score (nSPS) is 15.4. The van der Waals surface area contributed by atoms with Gasteiger partial charge in [0.1, 0.15) is 11.3 Å². The van der Waals surface area contributed by atoms with Crippen molar-refractivity contribution in [3.05, 3.63) is 40.5 Å².